The third-order valence-corrected chi connectivity index (χ3v) is 2.61. The third kappa shape index (κ3) is 3.27. The van der Waals surface area contributed by atoms with Crippen molar-refractivity contribution in [2.75, 3.05) is 27.2 Å². The maximum atomic E-state index is 11.3. The van der Waals surface area contributed by atoms with Crippen molar-refractivity contribution >= 4 is 5.91 Å². The molecule has 1 aliphatic heterocycles. The van der Waals surface area contributed by atoms with Crippen molar-refractivity contribution in [2.45, 2.75) is 31.9 Å². The summed E-state index contributed by atoms with van der Waals surface area (Å²) in [6.07, 6.45) is 2.37. The summed E-state index contributed by atoms with van der Waals surface area (Å²) in [5.74, 6) is 0.0303. The van der Waals surface area contributed by atoms with Gasteiger partial charge in [-0.05, 0) is 26.3 Å². The number of nitrogens with zero attached hydrogens (tertiary/aromatic N) is 1. The molecule has 1 rings (SSSR count). The number of ether oxygens (including phenoxy) is 1. The lowest BCUT2D eigenvalue weighted by molar-refractivity contribution is -0.136. The first kappa shape index (κ1) is 11.5. The van der Waals surface area contributed by atoms with Gasteiger partial charge in [-0.25, -0.2) is 0 Å². The predicted molar refractivity (Wildman–Crippen MR) is 55.1 cm³/mol. The monoisotopic (exact) mass is 200 g/mol. The second kappa shape index (κ2) is 5.32. The lowest BCUT2D eigenvalue weighted by Crippen LogP contribution is -2.45. The van der Waals surface area contributed by atoms with E-state index in [1.807, 2.05) is 0 Å². The average Bonchev–Trinajstić information content (AvgIpc) is 2.16. The lowest BCUT2D eigenvalue weighted by atomic mass is 10.0. The highest BCUT2D eigenvalue weighted by Crippen LogP contribution is 2.11. The van der Waals surface area contributed by atoms with Crippen LogP contribution in [0.1, 0.15) is 19.8 Å². The molecular formula is C10H20N2O2. The number of hydrogen-bond donors (Lipinski definition) is 1. The van der Waals surface area contributed by atoms with Crippen LogP contribution in [0.4, 0.5) is 0 Å². The smallest absolute Gasteiger partial charge is 0.248 e. The fourth-order valence-corrected chi connectivity index (χ4v) is 1.55. The van der Waals surface area contributed by atoms with Crippen LogP contribution in [-0.4, -0.2) is 50.2 Å². The number of carbonyl (C=O) groups excluding carboxylic acids is 1. The van der Waals surface area contributed by atoms with Crippen LogP contribution in [0.15, 0.2) is 0 Å². The van der Waals surface area contributed by atoms with Gasteiger partial charge in [0.25, 0.3) is 0 Å². The van der Waals surface area contributed by atoms with Crippen LogP contribution in [0, 0.1) is 0 Å². The first-order chi connectivity index (χ1) is 6.61. The van der Waals surface area contributed by atoms with Crippen molar-refractivity contribution in [1.82, 2.24) is 10.2 Å². The van der Waals surface area contributed by atoms with Gasteiger partial charge in [-0.15, -0.1) is 0 Å². The topological polar surface area (TPSA) is 41.6 Å². The molecule has 0 aromatic carbocycles. The Hall–Kier alpha value is -0.610. The maximum Gasteiger partial charge on any atom is 0.248 e. The van der Waals surface area contributed by atoms with E-state index in [1.54, 1.807) is 19.0 Å². The molecule has 2 unspecified atom stereocenters. The van der Waals surface area contributed by atoms with E-state index in [2.05, 4.69) is 12.2 Å². The molecule has 1 N–H and O–H groups in total. The van der Waals surface area contributed by atoms with E-state index in [1.165, 1.54) is 0 Å². The van der Waals surface area contributed by atoms with Gasteiger partial charge in [-0.3, -0.25) is 4.79 Å². The van der Waals surface area contributed by atoms with Crippen molar-refractivity contribution < 1.29 is 9.53 Å². The molecule has 4 heteroatoms. The first-order valence-corrected chi connectivity index (χ1v) is 5.16. The zero-order chi connectivity index (χ0) is 10.6. The lowest BCUT2D eigenvalue weighted by Gasteiger charge is -2.30. The Morgan fingerprint density at radius 2 is 2.29 bits per heavy atom. The predicted octanol–water partition coefficient (Wildman–Crippen LogP) is 0.232. The Morgan fingerprint density at radius 1 is 1.57 bits per heavy atom. The fourth-order valence-electron chi connectivity index (χ4n) is 1.55. The van der Waals surface area contributed by atoms with Gasteiger partial charge in [0.05, 0.1) is 6.10 Å². The molecule has 0 radical (unpaired) electrons. The molecule has 14 heavy (non-hydrogen) atoms. The summed E-state index contributed by atoms with van der Waals surface area (Å²) in [7, 11) is 3.49. The molecule has 0 aliphatic carbocycles. The van der Waals surface area contributed by atoms with Crippen LogP contribution in [-0.2, 0) is 9.53 Å². The molecule has 0 spiro atoms. The second-order valence-corrected chi connectivity index (χ2v) is 4.02. The van der Waals surface area contributed by atoms with Crippen molar-refractivity contribution in [3.05, 3.63) is 0 Å². The Balaban J connectivity index is 2.26. The molecule has 2 atom stereocenters. The van der Waals surface area contributed by atoms with Gasteiger partial charge >= 0.3 is 0 Å². The molecular weight excluding hydrogens is 180 g/mol. The minimum absolute atomic E-state index is 0.0303. The van der Waals surface area contributed by atoms with Crippen molar-refractivity contribution in [3.8, 4) is 0 Å². The zero-order valence-corrected chi connectivity index (χ0v) is 9.25. The Bertz CT molecular complexity index is 195. The van der Waals surface area contributed by atoms with Gasteiger partial charge in [0, 0.05) is 20.1 Å². The minimum Gasteiger partial charge on any atom is -0.367 e. The maximum absolute atomic E-state index is 11.3. The molecule has 1 aliphatic rings. The van der Waals surface area contributed by atoms with Gasteiger partial charge in [-0.1, -0.05) is 0 Å². The molecule has 1 amide bonds. The Kier molecular flexibility index (Phi) is 4.35. The van der Waals surface area contributed by atoms with Crippen LogP contribution < -0.4 is 5.32 Å². The van der Waals surface area contributed by atoms with Crippen LogP contribution in [0.3, 0.4) is 0 Å². The van der Waals surface area contributed by atoms with E-state index in [4.69, 9.17) is 4.74 Å². The summed E-state index contributed by atoms with van der Waals surface area (Å²) in [5.41, 5.74) is 0. The highest BCUT2D eigenvalue weighted by molar-refractivity contribution is 5.76. The Labute approximate surface area is 85.6 Å². The van der Waals surface area contributed by atoms with Gasteiger partial charge in [0.1, 0.15) is 6.61 Å². The number of rotatable bonds is 3. The largest absolute Gasteiger partial charge is 0.367 e. The number of likely N-dealkylation sites (N-methyl/N-ethyl adjacent to an activating group) is 1. The molecule has 82 valence electrons. The summed E-state index contributed by atoms with van der Waals surface area (Å²) in [6.45, 7) is 3.36. The van der Waals surface area contributed by atoms with Gasteiger partial charge < -0.3 is 15.0 Å². The Morgan fingerprint density at radius 3 is 2.86 bits per heavy atom. The van der Waals surface area contributed by atoms with E-state index < -0.39 is 0 Å². The normalized spacial score (nSPS) is 27.4. The third-order valence-electron chi connectivity index (χ3n) is 2.61. The van der Waals surface area contributed by atoms with Crippen LogP contribution >= 0.6 is 0 Å². The van der Waals surface area contributed by atoms with Crippen LogP contribution in [0.2, 0.25) is 0 Å². The van der Waals surface area contributed by atoms with Gasteiger partial charge in [0.15, 0.2) is 0 Å². The fraction of sp³-hybridized carbons (Fsp3) is 0.900. The summed E-state index contributed by atoms with van der Waals surface area (Å²) in [4.78, 5) is 12.8. The minimum atomic E-state index is 0.0303. The number of amides is 1. The van der Waals surface area contributed by atoms with E-state index in [0.29, 0.717) is 6.04 Å². The summed E-state index contributed by atoms with van der Waals surface area (Å²) < 4.78 is 5.56. The SMILES string of the molecule is CC1NCCCC1OCC(=O)N(C)C. The number of piperidine rings is 1. The average molecular weight is 200 g/mol. The van der Waals surface area contributed by atoms with E-state index in [-0.39, 0.29) is 18.6 Å². The molecule has 0 bridgehead atoms. The number of hydrogen-bond acceptors (Lipinski definition) is 3. The molecule has 4 nitrogen and oxygen atoms in total. The molecule has 1 heterocycles. The van der Waals surface area contributed by atoms with E-state index in [0.717, 1.165) is 19.4 Å². The summed E-state index contributed by atoms with van der Waals surface area (Å²) in [6, 6.07) is 0.360. The standard InChI is InChI=1S/C10H20N2O2/c1-8-9(5-4-6-11-8)14-7-10(13)12(2)3/h8-9,11H,4-7H2,1-3H3. The highest BCUT2D eigenvalue weighted by Gasteiger charge is 2.22. The van der Waals surface area contributed by atoms with Crippen molar-refractivity contribution in [2.24, 2.45) is 0 Å². The van der Waals surface area contributed by atoms with Crippen LogP contribution in [0.25, 0.3) is 0 Å². The van der Waals surface area contributed by atoms with Crippen molar-refractivity contribution in [1.29, 1.82) is 0 Å². The van der Waals surface area contributed by atoms with Gasteiger partial charge in [-0.2, -0.15) is 0 Å². The van der Waals surface area contributed by atoms with Gasteiger partial charge in [0.2, 0.25) is 5.91 Å². The number of nitrogens with one attached hydrogen (secondary N) is 1. The molecule has 0 saturated carbocycles. The molecule has 0 aromatic heterocycles. The van der Waals surface area contributed by atoms with E-state index >= 15 is 0 Å². The molecule has 0 aromatic rings. The number of carbonyl (C=O) groups is 1. The van der Waals surface area contributed by atoms with Crippen LogP contribution in [0.5, 0.6) is 0 Å². The molecule has 1 saturated heterocycles. The molecule has 1 fully saturated rings. The zero-order valence-electron chi connectivity index (χ0n) is 9.25. The summed E-state index contributed by atoms with van der Waals surface area (Å²) in [5, 5.41) is 3.34. The highest BCUT2D eigenvalue weighted by atomic mass is 16.5. The summed E-state index contributed by atoms with van der Waals surface area (Å²) >= 11 is 0. The second-order valence-electron chi connectivity index (χ2n) is 4.02. The van der Waals surface area contributed by atoms with Crippen molar-refractivity contribution in [3.63, 3.8) is 0 Å². The first-order valence-electron chi connectivity index (χ1n) is 5.16. The van der Waals surface area contributed by atoms with E-state index in [9.17, 15) is 4.79 Å². The quantitative estimate of drug-likeness (QED) is 0.709.